The molecule has 1 saturated heterocycles. The van der Waals surface area contributed by atoms with Crippen LogP contribution in [0.15, 0.2) is 59.3 Å². The number of aromatic nitrogens is 1. The quantitative estimate of drug-likeness (QED) is 0.520. The second kappa shape index (κ2) is 10.5. The summed E-state index contributed by atoms with van der Waals surface area (Å²) in [5, 5.41) is 9.42. The van der Waals surface area contributed by atoms with Crippen LogP contribution in [0.5, 0.6) is 5.75 Å². The van der Waals surface area contributed by atoms with Crippen molar-refractivity contribution in [3.63, 3.8) is 0 Å². The van der Waals surface area contributed by atoms with Crippen molar-refractivity contribution < 1.29 is 28.4 Å². The van der Waals surface area contributed by atoms with E-state index >= 15 is 0 Å². The molecule has 3 aliphatic rings. The minimum absolute atomic E-state index is 0.0160. The molecule has 3 atom stereocenters. The number of hydrogen-bond donors (Lipinski definition) is 2. The normalized spacial score (nSPS) is 22.5. The number of carbonyl (C=O) groups is 3. The number of rotatable bonds is 5. The molecule has 1 aromatic heterocycles. The predicted octanol–water partition coefficient (Wildman–Crippen LogP) is 2.98. The number of carbonyl (C=O) groups excluding carboxylic acids is 3. The molecule has 0 spiro atoms. The predicted molar refractivity (Wildman–Crippen MR) is 141 cm³/mol. The van der Waals surface area contributed by atoms with Crippen molar-refractivity contribution in [2.24, 2.45) is 0 Å². The van der Waals surface area contributed by atoms with Gasteiger partial charge in [0.15, 0.2) is 0 Å². The number of fused-ring (bicyclic) bond motifs is 3. The first-order chi connectivity index (χ1) is 18.9. The van der Waals surface area contributed by atoms with Crippen LogP contribution in [0.2, 0.25) is 0 Å². The van der Waals surface area contributed by atoms with Crippen LogP contribution >= 0.6 is 0 Å². The summed E-state index contributed by atoms with van der Waals surface area (Å²) in [6, 6.07) is 14.6. The van der Waals surface area contributed by atoms with Crippen LogP contribution in [-0.4, -0.2) is 65.7 Å². The third-order valence-corrected chi connectivity index (χ3v) is 7.76. The molecule has 0 bridgehead atoms. The van der Waals surface area contributed by atoms with E-state index in [1.807, 2.05) is 12.1 Å². The van der Waals surface area contributed by atoms with E-state index in [2.05, 4.69) is 27.9 Å². The Morgan fingerprint density at radius 3 is 2.62 bits per heavy atom. The van der Waals surface area contributed by atoms with Crippen molar-refractivity contribution in [2.45, 2.75) is 56.4 Å². The first-order valence-corrected chi connectivity index (χ1v) is 13.2. The fraction of sp³-hybridized carbons (Fsp3) is 0.379. The minimum Gasteiger partial charge on any atom is -0.490 e. The molecular formula is C29H30N4O6. The molecule has 0 radical (unpaired) electrons. The number of ether oxygens (including phenoxy) is 2. The molecule has 0 saturated carbocycles. The zero-order valence-corrected chi connectivity index (χ0v) is 21.6. The molecule has 0 unspecified atom stereocenters. The van der Waals surface area contributed by atoms with Gasteiger partial charge in [-0.3, -0.25) is 14.4 Å². The molecule has 10 nitrogen and oxygen atoms in total. The Morgan fingerprint density at radius 1 is 1.08 bits per heavy atom. The van der Waals surface area contributed by atoms with Gasteiger partial charge in [-0.15, -0.1) is 0 Å². The zero-order chi connectivity index (χ0) is 26.9. The van der Waals surface area contributed by atoms with Crippen molar-refractivity contribution in [1.29, 1.82) is 0 Å². The number of hydrogen-bond acceptors (Lipinski definition) is 7. The summed E-state index contributed by atoms with van der Waals surface area (Å²) in [6.45, 7) is 0.245. The van der Waals surface area contributed by atoms with Gasteiger partial charge in [-0.25, -0.2) is 0 Å². The van der Waals surface area contributed by atoms with Gasteiger partial charge in [0.1, 0.15) is 18.5 Å². The number of benzene rings is 2. The molecule has 3 aromatic rings. The highest BCUT2D eigenvalue weighted by Crippen LogP contribution is 2.33. The molecule has 10 heteroatoms. The standard InChI is InChI=1S/C29H30N4O6/c1-33-23-8-7-21(15-27(34)31-20-12-17-4-2-3-5-18(17)13-20)38-26(23)16-37-24-9-6-19(14-22(24)29(33)36)32-28(35)25-10-11-30-39-25/h2-6,9-11,14,20-21,23,26H,7-8,12-13,15-16H2,1H3,(H,31,34)(H,32,35)/t21-,23+,26-/m1/s1. The monoisotopic (exact) mass is 530 g/mol. The highest BCUT2D eigenvalue weighted by molar-refractivity contribution is 6.04. The van der Waals surface area contributed by atoms with Gasteiger partial charge in [0.05, 0.1) is 30.3 Å². The summed E-state index contributed by atoms with van der Waals surface area (Å²) >= 11 is 0. The smallest absolute Gasteiger partial charge is 0.294 e. The van der Waals surface area contributed by atoms with E-state index < -0.39 is 5.91 Å². The van der Waals surface area contributed by atoms with E-state index in [-0.39, 0.29) is 54.9 Å². The second-order valence-corrected chi connectivity index (χ2v) is 10.4. The van der Waals surface area contributed by atoms with Crippen LogP contribution in [0.25, 0.3) is 0 Å². The fourth-order valence-electron chi connectivity index (χ4n) is 5.79. The van der Waals surface area contributed by atoms with Crippen LogP contribution in [0.1, 0.15) is 51.3 Å². The number of anilines is 1. The van der Waals surface area contributed by atoms with E-state index in [9.17, 15) is 14.4 Å². The van der Waals surface area contributed by atoms with Gasteiger partial charge in [-0.2, -0.15) is 0 Å². The first kappa shape index (κ1) is 25.1. The van der Waals surface area contributed by atoms with Gasteiger partial charge in [0, 0.05) is 24.8 Å². The fourth-order valence-corrected chi connectivity index (χ4v) is 5.79. The summed E-state index contributed by atoms with van der Waals surface area (Å²) in [7, 11) is 1.75. The first-order valence-electron chi connectivity index (χ1n) is 13.2. The average molecular weight is 531 g/mol. The number of nitrogens with zero attached hydrogens (tertiary/aromatic N) is 2. The van der Waals surface area contributed by atoms with Gasteiger partial charge in [0.25, 0.3) is 11.8 Å². The molecule has 2 N–H and O–H groups in total. The van der Waals surface area contributed by atoms with E-state index in [1.54, 1.807) is 30.1 Å². The molecule has 39 heavy (non-hydrogen) atoms. The Bertz CT molecular complexity index is 1370. The van der Waals surface area contributed by atoms with Crippen LogP contribution in [0.3, 0.4) is 0 Å². The molecule has 3 heterocycles. The van der Waals surface area contributed by atoms with Crippen LogP contribution in [-0.2, 0) is 22.4 Å². The van der Waals surface area contributed by atoms with Crippen molar-refractivity contribution in [3.05, 3.63) is 77.2 Å². The molecule has 2 aliphatic heterocycles. The molecule has 1 fully saturated rings. The molecule has 1 aliphatic carbocycles. The van der Waals surface area contributed by atoms with E-state index in [1.165, 1.54) is 23.4 Å². The topological polar surface area (TPSA) is 123 Å². The Kier molecular flexibility index (Phi) is 6.78. The lowest BCUT2D eigenvalue weighted by molar-refractivity contribution is -0.134. The average Bonchev–Trinajstić information content (AvgIpc) is 3.61. The molecule has 6 rings (SSSR count). The van der Waals surface area contributed by atoms with Crippen molar-refractivity contribution >= 4 is 23.4 Å². The number of amides is 3. The summed E-state index contributed by atoms with van der Waals surface area (Å²) in [6.07, 6.45) is 4.12. The highest BCUT2D eigenvalue weighted by atomic mass is 16.5. The Hall–Kier alpha value is -4.18. The van der Waals surface area contributed by atoms with E-state index in [0.717, 1.165) is 12.8 Å². The van der Waals surface area contributed by atoms with Crippen molar-refractivity contribution in [1.82, 2.24) is 15.4 Å². The van der Waals surface area contributed by atoms with E-state index in [4.69, 9.17) is 14.0 Å². The number of nitrogens with one attached hydrogen (secondary N) is 2. The molecular weight excluding hydrogens is 500 g/mol. The summed E-state index contributed by atoms with van der Waals surface area (Å²) in [5.41, 5.74) is 3.38. The lowest BCUT2D eigenvalue weighted by Gasteiger charge is -2.42. The van der Waals surface area contributed by atoms with Gasteiger partial charge >= 0.3 is 0 Å². The van der Waals surface area contributed by atoms with E-state index in [0.29, 0.717) is 29.8 Å². The lowest BCUT2D eigenvalue weighted by atomic mass is 9.94. The van der Waals surface area contributed by atoms with Gasteiger partial charge in [0.2, 0.25) is 11.7 Å². The summed E-state index contributed by atoms with van der Waals surface area (Å²) < 4.78 is 17.2. The summed E-state index contributed by atoms with van der Waals surface area (Å²) in [5.74, 6) is -0.227. The van der Waals surface area contributed by atoms with Gasteiger partial charge < -0.3 is 29.5 Å². The maximum Gasteiger partial charge on any atom is 0.294 e. The Morgan fingerprint density at radius 2 is 1.87 bits per heavy atom. The largest absolute Gasteiger partial charge is 0.490 e. The third-order valence-electron chi connectivity index (χ3n) is 7.76. The highest BCUT2D eigenvalue weighted by Gasteiger charge is 2.39. The minimum atomic E-state index is -0.465. The SMILES string of the molecule is CN1C(=O)c2cc(NC(=O)c3ccno3)ccc2OC[C@H]2O[C@@H](CC(=O)NC3Cc4ccccc4C3)CC[C@@H]21. The molecule has 2 aromatic carbocycles. The Balaban J connectivity index is 1.08. The van der Waals surface area contributed by atoms with Crippen LogP contribution in [0, 0.1) is 0 Å². The molecule has 202 valence electrons. The Labute approximate surface area is 225 Å². The third kappa shape index (κ3) is 5.24. The maximum absolute atomic E-state index is 13.4. The van der Waals surface area contributed by atoms with Gasteiger partial charge in [-0.1, -0.05) is 29.4 Å². The lowest BCUT2D eigenvalue weighted by Crippen LogP contribution is -2.54. The van der Waals surface area contributed by atoms with Crippen molar-refractivity contribution in [2.75, 3.05) is 19.0 Å². The van der Waals surface area contributed by atoms with Crippen LogP contribution in [0.4, 0.5) is 5.69 Å². The second-order valence-electron chi connectivity index (χ2n) is 10.4. The number of likely N-dealkylation sites (N-methyl/N-ethyl adjacent to an activating group) is 1. The van der Waals surface area contributed by atoms with Crippen LogP contribution < -0.4 is 15.4 Å². The van der Waals surface area contributed by atoms with Gasteiger partial charge in [-0.05, 0) is 55.0 Å². The van der Waals surface area contributed by atoms with Crippen molar-refractivity contribution in [3.8, 4) is 5.75 Å². The zero-order valence-electron chi connectivity index (χ0n) is 21.6. The molecule has 3 amide bonds. The summed E-state index contributed by atoms with van der Waals surface area (Å²) in [4.78, 5) is 40.3. The maximum atomic E-state index is 13.4.